The second kappa shape index (κ2) is 8.21. The topological polar surface area (TPSA) is 76.6 Å². The lowest BCUT2D eigenvalue weighted by atomic mass is 9.96. The summed E-state index contributed by atoms with van der Waals surface area (Å²) >= 11 is 0. The van der Waals surface area contributed by atoms with Crippen molar-refractivity contribution < 1.29 is 14.3 Å². The first-order valence-electron chi connectivity index (χ1n) is 9.05. The van der Waals surface area contributed by atoms with E-state index < -0.39 is 0 Å². The van der Waals surface area contributed by atoms with Gasteiger partial charge in [0.1, 0.15) is 0 Å². The third kappa shape index (κ3) is 3.81. The summed E-state index contributed by atoms with van der Waals surface area (Å²) in [5.74, 6) is 2.88. The molecule has 0 bridgehead atoms. The molecule has 140 valence electrons. The van der Waals surface area contributed by atoms with Crippen LogP contribution in [0.2, 0.25) is 0 Å². The quantitative estimate of drug-likeness (QED) is 0.854. The van der Waals surface area contributed by atoms with Crippen molar-refractivity contribution in [3.05, 3.63) is 18.3 Å². The maximum absolute atomic E-state index is 11.4. The summed E-state index contributed by atoms with van der Waals surface area (Å²) in [7, 11) is 3.26. The molecule has 1 aromatic carbocycles. The predicted molar refractivity (Wildman–Crippen MR) is 101 cm³/mol. The molecular formula is C19H26N4O3. The lowest BCUT2D eigenvalue weighted by Gasteiger charge is -2.33. The third-order valence-electron chi connectivity index (χ3n) is 4.97. The van der Waals surface area contributed by atoms with E-state index in [9.17, 15) is 4.79 Å². The fraction of sp³-hybridized carbons (Fsp3) is 0.526. The van der Waals surface area contributed by atoms with Gasteiger partial charge in [-0.15, -0.1) is 5.10 Å². The van der Waals surface area contributed by atoms with E-state index in [1.807, 2.05) is 19.1 Å². The number of piperidine rings is 1. The zero-order chi connectivity index (χ0) is 18.5. The van der Waals surface area contributed by atoms with Crippen molar-refractivity contribution in [2.75, 3.05) is 38.8 Å². The fourth-order valence-electron chi connectivity index (χ4n) is 3.36. The van der Waals surface area contributed by atoms with E-state index in [1.54, 1.807) is 20.4 Å². The Labute approximate surface area is 153 Å². The third-order valence-corrected chi connectivity index (χ3v) is 4.97. The van der Waals surface area contributed by atoms with Gasteiger partial charge >= 0.3 is 0 Å². The number of hydrogen-bond acceptors (Lipinski definition) is 6. The van der Waals surface area contributed by atoms with Crippen LogP contribution in [0.4, 0.5) is 5.82 Å². The van der Waals surface area contributed by atoms with E-state index >= 15 is 0 Å². The second-order valence-corrected chi connectivity index (χ2v) is 6.55. The Morgan fingerprint density at radius 2 is 1.92 bits per heavy atom. The first-order chi connectivity index (χ1) is 12.7. The lowest BCUT2D eigenvalue weighted by Crippen LogP contribution is -2.39. The molecule has 0 saturated carbocycles. The maximum Gasteiger partial charge on any atom is 0.219 e. The van der Waals surface area contributed by atoms with Crippen LogP contribution in [-0.4, -0.2) is 50.0 Å². The monoisotopic (exact) mass is 358 g/mol. The average molecular weight is 358 g/mol. The Hall–Kier alpha value is -2.57. The molecule has 0 aliphatic carbocycles. The molecule has 0 spiro atoms. The molecule has 26 heavy (non-hydrogen) atoms. The summed E-state index contributed by atoms with van der Waals surface area (Å²) < 4.78 is 10.8. The van der Waals surface area contributed by atoms with Crippen molar-refractivity contribution >= 4 is 22.5 Å². The van der Waals surface area contributed by atoms with Gasteiger partial charge in [-0.2, -0.15) is 5.10 Å². The van der Waals surface area contributed by atoms with Crippen molar-refractivity contribution in [3.63, 3.8) is 0 Å². The minimum absolute atomic E-state index is 0.119. The number of nitrogens with zero attached hydrogens (tertiary/aromatic N) is 3. The predicted octanol–water partition coefficient (Wildman–Crippen LogP) is 2.39. The molecule has 2 aromatic rings. The highest BCUT2D eigenvalue weighted by Crippen LogP contribution is 2.36. The molecule has 7 nitrogen and oxygen atoms in total. The van der Waals surface area contributed by atoms with Crippen molar-refractivity contribution in [1.29, 1.82) is 0 Å². The molecule has 0 unspecified atom stereocenters. The lowest BCUT2D eigenvalue weighted by molar-refractivity contribution is -0.120. The Bertz CT molecular complexity index is 773. The number of amides is 1. The second-order valence-electron chi connectivity index (χ2n) is 6.55. The van der Waals surface area contributed by atoms with Gasteiger partial charge in [-0.05, 0) is 30.9 Å². The van der Waals surface area contributed by atoms with Crippen LogP contribution in [0.25, 0.3) is 10.8 Å². The minimum atomic E-state index is 0.119. The summed E-state index contributed by atoms with van der Waals surface area (Å²) in [4.78, 5) is 13.7. The summed E-state index contributed by atoms with van der Waals surface area (Å²) in [6, 6.07) is 3.89. The van der Waals surface area contributed by atoms with E-state index in [2.05, 4.69) is 20.4 Å². The number of benzene rings is 1. The smallest absolute Gasteiger partial charge is 0.219 e. The summed E-state index contributed by atoms with van der Waals surface area (Å²) in [5.41, 5.74) is 0. The highest BCUT2D eigenvalue weighted by Gasteiger charge is 2.23. The van der Waals surface area contributed by atoms with Gasteiger partial charge in [0.15, 0.2) is 17.3 Å². The number of nitrogens with one attached hydrogen (secondary N) is 1. The molecule has 1 aliphatic heterocycles. The van der Waals surface area contributed by atoms with Crippen LogP contribution in [-0.2, 0) is 4.79 Å². The van der Waals surface area contributed by atoms with Gasteiger partial charge in [0, 0.05) is 36.8 Å². The van der Waals surface area contributed by atoms with Gasteiger partial charge in [-0.3, -0.25) is 4.79 Å². The van der Waals surface area contributed by atoms with Crippen molar-refractivity contribution in [2.45, 2.75) is 26.2 Å². The number of rotatable bonds is 6. The van der Waals surface area contributed by atoms with Crippen LogP contribution in [0.15, 0.2) is 18.3 Å². The average Bonchev–Trinajstić information content (AvgIpc) is 2.70. The molecule has 0 atom stereocenters. The largest absolute Gasteiger partial charge is 0.493 e. The number of fused-ring (bicyclic) bond motifs is 1. The first-order valence-corrected chi connectivity index (χ1v) is 9.05. The van der Waals surface area contributed by atoms with Crippen LogP contribution >= 0.6 is 0 Å². The van der Waals surface area contributed by atoms with E-state index in [-0.39, 0.29) is 5.91 Å². The number of carbonyl (C=O) groups excluding carboxylic acids is 1. The number of methoxy groups -OCH3 is 2. The SMILES string of the molecule is CCC(=O)NCC1CCN(c2nncc3cc(OC)c(OC)cc23)CC1. The fourth-order valence-corrected chi connectivity index (χ4v) is 3.36. The van der Waals surface area contributed by atoms with Crippen LogP contribution in [0, 0.1) is 5.92 Å². The molecule has 0 radical (unpaired) electrons. The number of hydrogen-bond donors (Lipinski definition) is 1. The Kier molecular flexibility index (Phi) is 5.75. The van der Waals surface area contributed by atoms with Crippen LogP contribution in [0.1, 0.15) is 26.2 Å². The van der Waals surface area contributed by atoms with E-state index in [4.69, 9.17) is 9.47 Å². The zero-order valence-corrected chi connectivity index (χ0v) is 15.6. The molecule has 7 heteroatoms. The van der Waals surface area contributed by atoms with Crippen LogP contribution < -0.4 is 19.7 Å². The molecule has 1 fully saturated rings. The first kappa shape index (κ1) is 18.2. The van der Waals surface area contributed by atoms with Gasteiger partial charge in [0.05, 0.1) is 20.4 Å². The van der Waals surface area contributed by atoms with Gasteiger partial charge in [0.25, 0.3) is 0 Å². The number of ether oxygens (including phenoxy) is 2. The number of carbonyl (C=O) groups is 1. The zero-order valence-electron chi connectivity index (χ0n) is 15.6. The number of anilines is 1. The molecule has 1 aliphatic rings. The highest BCUT2D eigenvalue weighted by atomic mass is 16.5. The molecule has 1 saturated heterocycles. The summed E-state index contributed by atoms with van der Waals surface area (Å²) in [6.07, 6.45) is 4.33. The molecule has 3 rings (SSSR count). The number of aromatic nitrogens is 2. The summed E-state index contributed by atoms with van der Waals surface area (Å²) in [6.45, 7) is 4.43. The van der Waals surface area contributed by atoms with Crippen molar-refractivity contribution in [2.24, 2.45) is 5.92 Å². The van der Waals surface area contributed by atoms with Gasteiger partial charge < -0.3 is 19.7 Å². The molecule has 1 aromatic heterocycles. The van der Waals surface area contributed by atoms with Gasteiger partial charge in [-0.25, -0.2) is 0 Å². The van der Waals surface area contributed by atoms with Crippen molar-refractivity contribution in [1.82, 2.24) is 15.5 Å². The molecule has 1 amide bonds. The maximum atomic E-state index is 11.4. The standard InChI is InChI=1S/C19H26N4O3/c1-4-18(24)20-11-13-5-7-23(8-6-13)19-15-10-17(26-3)16(25-2)9-14(15)12-21-22-19/h9-10,12-13H,4-8,11H2,1-3H3,(H,20,24). The molecular weight excluding hydrogens is 332 g/mol. The summed E-state index contributed by atoms with van der Waals surface area (Å²) in [5, 5.41) is 13.5. The van der Waals surface area contributed by atoms with Crippen LogP contribution in [0.5, 0.6) is 11.5 Å². The van der Waals surface area contributed by atoms with Crippen LogP contribution in [0.3, 0.4) is 0 Å². The van der Waals surface area contributed by atoms with Crippen molar-refractivity contribution in [3.8, 4) is 11.5 Å². The van der Waals surface area contributed by atoms with E-state index in [1.165, 1.54) is 0 Å². The highest BCUT2D eigenvalue weighted by molar-refractivity contribution is 5.94. The normalized spacial score (nSPS) is 15.1. The molecule has 2 heterocycles. The minimum Gasteiger partial charge on any atom is -0.493 e. The Balaban J connectivity index is 1.76. The Morgan fingerprint density at radius 3 is 2.58 bits per heavy atom. The van der Waals surface area contributed by atoms with E-state index in [0.29, 0.717) is 23.8 Å². The Morgan fingerprint density at radius 1 is 1.23 bits per heavy atom. The van der Waals surface area contributed by atoms with E-state index in [0.717, 1.165) is 49.1 Å². The van der Waals surface area contributed by atoms with Gasteiger partial charge in [-0.1, -0.05) is 6.92 Å². The molecule has 1 N–H and O–H groups in total. The van der Waals surface area contributed by atoms with Gasteiger partial charge in [0.2, 0.25) is 5.91 Å².